The molecule has 2 rings (SSSR count). The summed E-state index contributed by atoms with van der Waals surface area (Å²) in [4.78, 5) is 38.0. The van der Waals surface area contributed by atoms with Crippen molar-refractivity contribution in [2.24, 2.45) is 5.92 Å². The number of hydrogen-bond donors (Lipinski definition) is 3. The first-order valence-corrected chi connectivity index (χ1v) is 7.20. The van der Waals surface area contributed by atoms with Gasteiger partial charge in [0.1, 0.15) is 0 Å². The number of carboxylic acid groups (broad SMARTS) is 1. The molecule has 3 N–H and O–H groups in total. The zero-order chi connectivity index (χ0) is 15.6. The van der Waals surface area contributed by atoms with E-state index in [1.165, 1.54) is 0 Å². The zero-order valence-corrected chi connectivity index (χ0v) is 12.3. The van der Waals surface area contributed by atoms with Crippen LogP contribution < -0.4 is 10.6 Å². The number of rotatable bonds is 4. The standard InChI is InChI=1S/C13H22N4O4/c1-8(2)10(5-11(18)19)15-13(21)16-3-4-17-9(7-16)6-14-12(17)20/h8-10H,3-7H2,1-2H3,(H,14,20)(H,15,21)(H,18,19). The average molecular weight is 298 g/mol. The Labute approximate surface area is 123 Å². The van der Waals surface area contributed by atoms with Gasteiger partial charge < -0.3 is 25.5 Å². The van der Waals surface area contributed by atoms with Gasteiger partial charge in [0, 0.05) is 32.2 Å². The number of nitrogens with one attached hydrogen (secondary N) is 2. The number of fused-ring (bicyclic) bond motifs is 1. The Kier molecular flexibility index (Phi) is 4.54. The summed E-state index contributed by atoms with van der Waals surface area (Å²) in [6.45, 7) is 5.76. The van der Waals surface area contributed by atoms with Gasteiger partial charge in [-0.05, 0) is 5.92 Å². The molecule has 21 heavy (non-hydrogen) atoms. The summed E-state index contributed by atoms with van der Waals surface area (Å²) in [5.41, 5.74) is 0. The highest BCUT2D eigenvalue weighted by Crippen LogP contribution is 2.15. The van der Waals surface area contributed by atoms with Crippen LogP contribution in [-0.4, -0.2) is 71.2 Å². The maximum atomic E-state index is 12.3. The van der Waals surface area contributed by atoms with E-state index in [9.17, 15) is 14.4 Å². The molecule has 0 radical (unpaired) electrons. The number of nitrogens with zero attached hydrogens (tertiary/aromatic N) is 2. The average Bonchev–Trinajstić information content (AvgIpc) is 2.78. The fourth-order valence-corrected chi connectivity index (χ4v) is 2.68. The van der Waals surface area contributed by atoms with Gasteiger partial charge in [0.05, 0.1) is 12.5 Å². The van der Waals surface area contributed by atoms with Crippen LogP contribution in [0.5, 0.6) is 0 Å². The summed E-state index contributed by atoms with van der Waals surface area (Å²) >= 11 is 0. The summed E-state index contributed by atoms with van der Waals surface area (Å²) in [5, 5.41) is 14.4. The van der Waals surface area contributed by atoms with E-state index in [-0.39, 0.29) is 30.4 Å². The molecule has 8 nitrogen and oxygen atoms in total. The lowest BCUT2D eigenvalue weighted by Gasteiger charge is -2.37. The van der Waals surface area contributed by atoms with Gasteiger partial charge in [-0.1, -0.05) is 13.8 Å². The predicted molar refractivity (Wildman–Crippen MR) is 74.9 cm³/mol. The maximum absolute atomic E-state index is 12.3. The van der Waals surface area contributed by atoms with Gasteiger partial charge in [-0.25, -0.2) is 9.59 Å². The van der Waals surface area contributed by atoms with Gasteiger partial charge in [-0.3, -0.25) is 4.79 Å². The van der Waals surface area contributed by atoms with Crippen LogP contribution in [0.4, 0.5) is 9.59 Å². The van der Waals surface area contributed by atoms with Crippen LogP contribution in [0.3, 0.4) is 0 Å². The molecule has 2 aliphatic rings. The first-order chi connectivity index (χ1) is 9.88. The highest BCUT2D eigenvalue weighted by atomic mass is 16.4. The smallest absolute Gasteiger partial charge is 0.317 e. The molecular weight excluding hydrogens is 276 g/mol. The lowest BCUT2D eigenvalue weighted by Crippen LogP contribution is -2.57. The number of hydrogen-bond acceptors (Lipinski definition) is 3. The number of urea groups is 2. The predicted octanol–water partition coefficient (Wildman–Crippen LogP) is -0.0953. The first-order valence-electron chi connectivity index (χ1n) is 7.20. The minimum Gasteiger partial charge on any atom is -0.481 e. The van der Waals surface area contributed by atoms with Crippen LogP contribution >= 0.6 is 0 Å². The molecule has 0 aromatic carbocycles. The van der Waals surface area contributed by atoms with Gasteiger partial charge in [0.2, 0.25) is 0 Å². The molecule has 2 atom stereocenters. The molecule has 2 saturated heterocycles. The molecule has 0 saturated carbocycles. The molecule has 0 aromatic rings. The first kappa shape index (κ1) is 15.4. The second-order valence-corrected chi connectivity index (χ2v) is 5.88. The van der Waals surface area contributed by atoms with Crippen molar-refractivity contribution in [3.05, 3.63) is 0 Å². The van der Waals surface area contributed by atoms with Gasteiger partial charge in [-0.15, -0.1) is 0 Å². The third-order valence-electron chi connectivity index (χ3n) is 4.03. The normalized spacial score (nSPS) is 22.8. The number of carbonyl (C=O) groups is 3. The maximum Gasteiger partial charge on any atom is 0.317 e. The second-order valence-electron chi connectivity index (χ2n) is 5.88. The summed E-state index contributed by atoms with van der Waals surface area (Å²) in [7, 11) is 0. The van der Waals surface area contributed by atoms with Crippen LogP contribution in [0.15, 0.2) is 0 Å². The van der Waals surface area contributed by atoms with Crippen LogP contribution in [0.25, 0.3) is 0 Å². The molecule has 118 valence electrons. The van der Waals surface area contributed by atoms with E-state index in [1.807, 2.05) is 13.8 Å². The SMILES string of the molecule is CC(C)C(CC(=O)O)NC(=O)N1CCN2C(=O)NCC2C1. The summed E-state index contributed by atoms with van der Waals surface area (Å²) in [6.07, 6.45) is -0.0904. The van der Waals surface area contributed by atoms with Crippen molar-refractivity contribution < 1.29 is 19.5 Å². The quantitative estimate of drug-likeness (QED) is 0.674. The number of piperazine rings is 1. The van der Waals surface area contributed by atoms with Crippen LogP contribution in [0.1, 0.15) is 20.3 Å². The highest BCUT2D eigenvalue weighted by Gasteiger charge is 2.37. The van der Waals surface area contributed by atoms with Crippen molar-refractivity contribution in [2.45, 2.75) is 32.4 Å². The van der Waals surface area contributed by atoms with E-state index in [4.69, 9.17) is 5.11 Å². The Balaban J connectivity index is 1.91. The lowest BCUT2D eigenvalue weighted by atomic mass is 10.0. The van der Waals surface area contributed by atoms with Crippen LogP contribution in [0, 0.1) is 5.92 Å². The fourth-order valence-electron chi connectivity index (χ4n) is 2.68. The lowest BCUT2D eigenvalue weighted by molar-refractivity contribution is -0.137. The zero-order valence-electron chi connectivity index (χ0n) is 12.3. The van der Waals surface area contributed by atoms with E-state index in [2.05, 4.69) is 10.6 Å². The number of carbonyl (C=O) groups excluding carboxylic acids is 2. The molecule has 2 unspecified atom stereocenters. The summed E-state index contributed by atoms with van der Waals surface area (Å²) in [6, 6.07) is -0.717. The van der Waals surface area contributed by atoms with Crippen LogP contribution in [0.2, 0.25) is 0 Å². The monoisotopic (exact) mass is 298 g/mol. The Morgan fingerprint density at radius 3 is 2.76 bits per heavy atom. The minimum atomic E-state index is -0.926. The van der Waals surface area contributed by atoms with E-state index >= 15 is 0 Å². The molecule has 2 fully saturated rings. The molecule has 0 aliphatic carbocycles. The van der Waals surface area contributed by atoms with Gasteiger partial charge in [0.15, 0.2) is 0 Å². The molecule has 0 bridgehead atoms. The van der Waals surface area contributed by atoms with Gasteiger partial charge in [-0.2, -0.15) is 0 Å². The second kappa shape index (κ2) is 6.19. The molecule has 4 amide bonds. The van der Waals surface area contributed by atoms with Gasteiger partial charge in [0.25, 0.3) is 0 Å². The highest BCUT2D eigenvalue weighted by molar-refractivity contribution is 5.79. The largest absolute Gasteiger partial charge is 0.481 e. The topological polar surface area (TPSA) is 102 Å². The Hall–Kier alpha value is -1.99. The molecule has 0 aromatic heterocycles. The minimum absolute atomic E-state index is 0.00831. The van der Waals surface area contributed by atoms with Crippen molar-refractivity contribution in [3.8, 4) is 0 Å². The number of carboxylic acids is 1. The molecule has 2 aliphatic heterocycles. The summed E-state index contributed by atoms with van der Waals surface area (Å²) < 4.78 is 0. The number of amides is 4. The van der Waals surface area contributed by atoms with E-state index in [0.29, 0.717) is 26.2 Å². The fraction of sp³-hybridized carbons (Fsp3) is 0.769. The molecular formula is C13H22N4O4. The molecule has 0 spiro atoms. The van der Waals surface area contributed by atoms with Crippen molar-refractivity contribution in [2.75, 3.05) is 26.2 Å². The van der Waals surface area contributed by atoms with Crippen molar-refractivity contribution >= 4 is 18.0 Å². The van der Waals surface area contributed by atoms with Crippen molar-refractivity contribution in [1.82, 2.24) is 20.4 Å². The third kappa shape index (κ3) is 3.56. The van der Waals surface area contributed by atoms with Crippen molar-refractivity contribution in [1.29, 1.82) is 0 Å². The number of aliphatic carboxylic acids is 1. The van der Waals surface area contributed by atoms with Crippen molar-refractivity contribution in [3.63, 3.8) is 0 Å². The Bertz CT molecular complexity index is 440. The molecule has 8 heteroatoms. The van der Waals surface area contributed by atoms with E-state index in [0.717, 1.165) is 0 Å². The Morgan fingerprint density at radius 2 is 2.14 bits per heavy atom. The van der Waals surface area contributed by atoms with E-state index in [1.54, 1.807) is 9.80 Å². The Morgan fingerprint density at radius 1 is 1.43 bits per heavy atom. The third-order valence-corrected chi connectivity index (χ3v) is 4.03. The van der Waals surface area contributed by atoms with E-state index < -0.39 is 12.0 Å². The van der Waals surface area contributed by atoms with Crippen LogP contribution in [-0.2, 0) is 4.79 Å². The molecule has 2 heterocycles. The van der Waals surface area contributed by atoms with Gasteiger partial charge >= 0.3 is 18.0 Å². The summed E-state index contributed by atoms with van der Waals surface area (Å²) in [5.74, 6) is -0.884.